The second-order valence-corrected chi connectivity index (χ2v) is 6.84. The molecule has 0 bridgehead atoms. The molecule has 1 aliphatic heterocycles. The highest BCUT2D eigenvalue weighted by Crippen LogP contribution is 2.39. The van der Waals surface area contributed by atoms with Crippen molar-refractivity contribution < 1.29 is 14.6 Å². The molecule has 1 saturated heterocycles. The number of hydrogen-bond donors (Lipinski definition) is 2. The molecule has 24 heavy (non-hydrogen) atoms. The number of hydrogen-bond acceptors (Lipinski definition) is 4. The van der Waals surface area contributed by atoms with Crippen LogP contribution in [0.5, 0.6) is 0 Å². The number of ether oxygens (including phenoxy) is 1. The Morgan fingerprint density at radius 1 is 1.46 bits per heavy atom. The Morgan fingerprint density at radius 3 is 3.00 bits per heavy atom. The molecule has 0 saturated carbocycles. The van der Waals surface area contributed by atoms with E-state index in [-0.39, 0.29) is 5.69 Å². The van der Waals surface area contributed by atoms with Gasteiger partial charge in [0.15, 0.2) is 5.69 Å². The van der Waals surface area contributed by atoms with E-state index in [4.69, 9.17) is 4.74 Å². The fraction of sp³-hybridized carbons (Fsp3) is 0.556. The number of H-pyrrole nitrogens is 1. The number of carbonyl (C=O) groups is 1. The van der Waals surface area contributed by atoms with Gasteiger partial charge in [0.25, 0.3) is 0 Å². The third kappa shape index (κ3) is 2.59. The molecule has 1 atom stereocenters. The summed E-state index contributed by atoms with van der Waals surface area (Å²) in [6, 6.07) is 0. The molecular weight excluding hydrogens is 306 g/mol. The summed E-state index contributed by atoms with van der Waals surface area (Å²) in [5.74, 6) is -0.506. The Hall–Kier alpha value is -1.92. The molecule has 0 spiro atoms. The molecule has 0 amide bonds. The van der Waals surface area contributed by atoms with Gasteiger partial charge >= 0.3 is 5.97 Å². The molecule has 2 N–H and O–H groups in total. The van der Waals surface area contributed by atoms with Crippen molar-refractivity contribution in [1.29, 1.82) is 0 Å². The average Bonchev–Trinajstić information content (AvgIpc) is 2.96. The van der Waals surface area contributed by atoms with Gasteiger partial charge in [0.2, 0.25) is 0 Å². The SMILES string of the molecule is Cc1c(C(=O)O)ncc2[nH]c3c(c12)C(CN1CCOCC1)CCC3. The third-order valence-electron chi connectivity index (χ3n) is 5.37. The molecule has 0 radical (unpaired) electrons. The van der Waals surface area contributed by atoms with Crippen LogP contribution in [0.15, 0.2) is 6.20 Å². The number of aromatic carboxylic acids is 1. The van der Waals surface area contributed by atoms with Gasteiger partial charge in [-0.1, -0.05) is 0 Å². The molecule has 6 heteroatoms. The zero-order valence-electron chi connectivity index (χ0n) is 14.0. The molecule has 4 rings (SSSR count). The van der Waals surface area contributed by atoms with Crippen molar-refractivity contribution in [1.82, 2.24) is 14.9 Å². The Morgan fingerprint density at radius 2 is 2.25 bits per heavy atom. The first kappa shape index (κ1) is 15.6. The molecule has 0 aromatic carbocycles. The Kier molecular flexibility index (Phi) is 4.02. The smallest absolute Gasteiger partial charge is 0.354 e. The first-order chi connectivity index (χ1) is 11.6. The molecule has 2 aliphatic rings. The highest BCUT2D eigenvalue weighted by atomic mass is 16.5. The second-order valence-electron chi connectivity index (χ2n) is 6.84. The molecule has 2 aromatic rings. The number of aromatic amines is 1. The number of rotatable bonds is 3. The van der Waals surface area contributed by atoms with Crippen molar-refractivity contribution in [2.45, 2.75) is 32.1 Å². The highest BCUT2D eigenvalue weighted by molar-refractivity contribution is 5.96. The molecule has 6 nitrogen and oxygen atoms in total. The molecule has 1 aliphatic carbocycles. The van der Waals surface area contributed by atoms with Crippen LogP contribution in [0.4, 0.5) is 0 Å². The maximum absolute atomic E-state index is 11.5. The molecule has 2 aromatic heterocycles. The van der Waals surface area contributed by atoms with Crippen LogP contribution in [-0.4, -0.2) is 58.8 Å². The zero-order valence-corrected chi connectivity index (χ0v) is 14.0. The number of morpholine rings is 1. The lowest BCUT2D eigenvalue weighted by atomic mass is 9.83. The maximum atomic E-state index is 11.5. The molecular formula is C18H23N3O3. The summed E-state index contributed by atoms with van der Waals surface area (Å²) in [7, 11) is 0. The fourth-order valence-electron chi connectivity index (χ4n) is 4.24. The molecule has 128 valence electrons. The number of fused-ring (bicyclic) bond motifs is 3. The number of nitrogens with zero attached hydrogens (tertiary/aromatic N) is 2. The summed E-state index contributed by atoms with van der Waals surface area (Å²) in [4.78, 5) is 21.6. The van der Waals surface area contributed by atoms with Gasteiger partial charge in [-0.05, 0) is 43.2 Å². The van der Waals surface area contributed by atoms with Crippen molar-refractivity contribution in [3.63, 3.8) is 0 Å². The minimum atomic E-state index is -0.954. The molecule has 1 unspecified atom stereocenters. The van der Waals surface area contributed by atoms with E-state index in [0.29, 0.717) is 5.92 Å². The van der Waals surface area contributed by atoms with E-state index in [1.165, 1.54) is 17.7 Å². The fourth-order valence-corrected chi connectivity index (χ4v) is 4.24. The van der Waals surface area contributed by atoms with Crippen molar-refractivity contribution in [3.05, 3.63) is 28.7 Å². The maximum Gasteiger partial charge on any atom is 0.354 e. The summed E-state index contributed by atoms with van der Waals surface area (Å²) in [6.07, 6.45) is 5.04. The minimum Gasteiger partial charge on any atom is -0.477 e. The van der Waals surface area contributed by atoms with Gasteiger partial charge in [0.05, 0.1) is 24.9 Å². The van der Waals surface area contributed by atoms with Crippen LogP contribution in [-0.2, 0) is 11.2 Å². The summed E-state index contributed by atoms with van der Waals surface area (Å²) in [6.45, 7) is 6.48. The Labute approximate surface area is 140 Å². The predicted octanol–water partition coefficient (Wildman–Crippen LogP) is 2.32. The number of aryl methyl sites for hydroxylation is 2. The van der Waals surface area contributed by atoms with E-state index in [9.17, 15) is 9.90 Å². The van der Waals surface area contributed by atoms with Crippen LogP contribution in [0.1, 0.15) is 46.1 Å². The van der Waals surface area contributed by atoms with Gasteiger partial charge in [-0.3, -0.25) is 4.90 Å². The van der Waals surface area contributed by atoms with Gasteiger partial charge < -0.3 is 14.8 Å². The lowest BCUT2D eigenvalue weighted by molar-refractivity contribution is 0.0343. The topological polar surface area (TPSA) is 78.4 Å². The van der Waals surface area contributed by atoms with Crippen LogP contribution >= 0.6 is 0 Å². The van der Waals surface area contributed by atoms with Crippen molar-refractivity contribution >= 4 is 16.9 Å². The van der Waals surface area contributed by atoms with Crippen LogP contribution in [0.25, 0.3) is 10.9 Å². The van der Waals surface area contributed by atoms with E-state index < -0.39 is 5.97 Å². The van der Waals surface area contributed by atoms with Gasteiger partial charge in [-0.25, -0.2) is 9.78 Å². The van der Waals surface area contributed by atoms with Crippen LogP contribution in [0, 0.1) is 6.92 Å². The summed E-state index contributed by atoms with van der Waals surface area (Å²) in [5.41, 5.74) is 4.51. The van der Waals surface area contributed by atoms with Crippen molar-refractivity contribution in [2.75, 3.05) is 32.8 Å². The van der Waals surface area contributed by atoms with Gasteiger partial charge in [-0.2, -0.15) is 0 Å². The first-order valence-corrected chi connectivity index (χ1v) is 8.68. The quantitative estimate of drug-likeness (QED) is 0.903. The Balaban J connectivity index is 1.77. The van der Waals surface area contributed by atoms with Crippen LogP contribution in [0.3, 0.4) is 0 Å². The van der Waals surface area contributed by atoms with E-state index >= 15 is 0 Å². The van der Waals surface area contributed by atoms with Crippen molar-refractivity contribution in [3.8, 4) is 0 Å². The van der Waals surface area contributed by atoms with E-state index in [2.05, 4.69) is 14.9 Å². The van der Waals surface area contributed by atoms with Gasteiger partial charge in [0, 0.05) is 30.7 Å². The molecule has 3 heterocycles. The minimum absolute atomic E-state index is 0.167. The standard InChI is InChI=1S/C18H23N3O3/c1-11-15-14(9-19-17(11)18(22)23)20-13-4-2-3-12(16(13)15)10-21-5-7-24-8-6-21/h9,12,20H,2-8,10H2,1H3,(H,22,23). The number of pyridine rings is 1. The number of carboxylic acid groups (broad SMARTS) is 1. The largest absolute Gasteiger partial charge is 0.477 e. The normalized spacial score (nSPS) is 21.8. The summed E-state index contributed by atoms with van der Waals surface area (Å²) in [5, 5.41) is 10.5. The lowest BCUT2D eigenvalue weighted by Crippen LogP contribution is -2.39. The third-order valence-corrected chi connectivity index (χ3v) is 5.37. The number of carboxylic acids is 1. The highest BCUT2D eigenvalue weighted by Gasteiger charge is 2.29. The average molecular weight is 329 g/mol. The van der Waals surface area contributed by atoms with Crippen molar-refractivity contribution in [2.24, 2.45) is 0 Å². The van der Waals surface area contributed by atoms with E-state index in [0.717, 1.165) is 62.2 Å². The van der Waals surface area contributed by atoms with E-state index in [1.54, 1.807) is 6.20 Å². The van der Waals surface area contributed by atoms with E-state index in [1.807, 2.05) is 6.92 Å². The van der Waals surface area contributed by atoms with Crippen LogP contribution in [0.2, 0.25) is 0 Å². The summed E-state index contributed by atoms with van der Waals surface area (Å²) >= 11 is 0. The number of aromatic nitrogens is 2. The summed E-state index contributed by atoms with van der Waals surface area (Å²) < 4.78 is 5.45. The lowest BCUT2D eigenvalue weighted by Gasteiger charge is -2.32. The van der Waals surface area contributed by atoms with Gasteiger partial charge in [-0.15, -0.1) is 0 Å². The predicted molar refractivity (Wildman–Crippen MR) is 90.7 cm³/mol. The second kappa shape index (κ2) is 6.18. The first-order valence-electron chi connectivity index (χ1n) is 8.68. The Bertz CT molecular complexity index is 777. The molecule has 1 fully saturated rings. The zero-order chi connectivity index (χ0) is 16.7. The number of nitrogens with one attached hydrogen (secondary N) is 1. The van der Waals surface area contributed by atoms with Gasteiger partial charge in [0.1, 0.15) is 0 Å². The van der Waals surface area contributed by atoms with Crippen LogP contribution < -0.4 is 0 Å². The monoisotopic (exact) mass is 329 g/mol.